The van der Waals surface area contributed by atoms with Crippen LogP contribution in [0.1, 0.15) is 38.5 Å². The van der Waals surface area contributed by atoms with E-state index in [9.17, 15) is 4.79 Å². The molecule has 2 aliphatic heterocycles. The molecule has 0 aromatic carbocycles. The van der Waals surface area contributed by atoms with Crippen LogP contribution in [0.15, 0.2) is 0 Å². The highest BCUT2D eigenvalue weighted by molar-refractivity contribution is 5.84. The van der Waals surface area contributed by atoms with Gasteiger partial charge in [-0.3, -0.25) is 14.5 Å². The Bertz CT molecular complexity index is 349. The van der Waals surface area contributed by atoms with Crippen molar-refractivity contribution < 1.29 is 14.4 Å². The second-order valence-corrected chi connectivity index (χ2v) is 6.43. The number of hydrogen-bond acceptors (Lipinski definition) is 4. The number of hydrogen-bond donors (Lipinski definition) is 0. The summed E-state index contributed by atoms with van der Waals surface area (Å²) in [4.78, 5) is 20.6. The van der Waals surface area contributed by atoms with Gasteiger partial charge in [-0.2, -0.15) is 0 Å². The molecule has 1 atom stereocenters. The number of ether oxygens (including phenoxy) is 1. The Hall–Kier alpha value is -0.650. The van der Waals surface area contributed by atoms with Crippen LogP contribution < -0.4 is 0 Å². The molecule has 0 radical (unpaired) electrons. The molecule has 20 heavy (non-hydrogen) atoms. The fourth-order valence-electron chi connectivity index (χ4n) is 4.12. The van der Waals surface area contributed by atoms with Crippen LogP contribution in [0.5, 0.6) is 0 Å². The van der Waals surface area contributed by atoms with Crippen LogP contribution in [-0.4, -0.2) is 61.9 Å². The molecule has 2 saturated heterocycles. The van der Waals surface area contributed by atoms with Crippen LogP contribution in [0.25, 0.3) is 0 Å². The fraction of sp³-hybridized carbons (Fsp3) is 0.933. The standard InChI is InChI=1S/C15H26N2O3/c1-19-17-13(12-16-7-9-20-10-8-16)11-15(14(17)18)5-3-2-4-6-15/h13H,2-12H2,1H3. The van der Waals surface area contributed by atoms with Crippen molar-refractivity contribution in [3.63, 3.8) is 0 Å². The summed E-state index contributed by atoms with van der Waals surface area (Å²) in [5, 5.41) is 1.67. The second kappa shape index (κ2) is 6.00. The lowest BCUT2D eigenvalue weighted by molar-refractivity contribution is -0.184. The fourth-order valence-corrected chi connectivity index (χ4v) is 4.12. The Morgan fingerprint density at radius 1 is 1.25 bits per heavy atom. The average molecular weight is 282 g/mol. The highest BCUT2D eigenvalue weighted by Gasteiger charge is 2.52. The minimum Gasteiger partial charge on any atom is -0.379 e. The van der Waals surface area contributed by atoms with Gasteiger partial charge in [-0.05, 0) is 19.3 Å². The number of amides is 1. The van der Waals surface area contributed by atoms with E-state index in [0.717, 1.165) is 52.1 Å². The molecule has 5 heteroatoms. The molecule has 3 aliphatic rings. The van der Waals surface area contributed by atoms with Crippen molar-refractivity contribution in [1.82, 2.24) is 9.96 Å². The summed E-state index contributed by atoms with van der Waals surface area (Å²) in [5.41, 5.74) is -0.120. The van der Waals surface area contributed by atoms with Gasteiger partial charge in [-0.1, -0.05) is 19.3 Å². The van der Waals surface area contributed by atoms with E-state index >= 15 is 0 Å². The second-order valence-electron chi connectivity index (χ2n) is 6.43. The molecule has 0 N–H and O–H groups in total. The van der Waals surface area contributed by atoms with E-state index < -0.39 is 0 Å². The Morgan fingerprint density at radius 2 is 1.95 bits per heavy atom. The van der Waals surface area contributed by atoms with E-state index in [1.54, 1.807) is 12.2 Å². The SMILES string of the molecule is CON1C(=O)C2(CCCCC2)CC1CN1CCOCC1. The molecule has 5 nitrogen and oxygen atoms in total. The van der Waals surface area contributed by atoms with Gasteiger partial charge in [0.1, 0.15) is 0 Å². The topological polar surface area (TPSA) is 42.0 Å². The predicted octanol–water partition coefficient (Wildman–Crippen LogP) is 1.43. The van der Waals surface area contributed by atoms with Gasteiger partial charge < -0.3 is 4.74 Å². The van der Waals surface area contributed by atoms with Crippen LogP contribution in [0.3, 0.4) is 0 Å². The van der Waals surface area contributed by atoms with Gasteiger partial charge in [0, 0.05) is 19.6 Å². The van der Waals surface area contributed by atoms with E-state index in [-0.39, 0.29) is 17.4 Å². The lowest BCUT2D eigenvalue weighted by atomic mass is 9.72. The summed E-state index contributed by atoms with van der Waals surface area (Å²) >= 11 is 0. The van der Waals surface area contributed by atoms with Gasteiger partial charge in [0.25, 0.3) is 5.91 Å². The van der Waals surface area contributed by atoms with Crippen LogP contribution in [0.4, 0.5) is 0 Å². The maximum Gasteiger partial charge on any atom is 0.252 e. The molecule has 0 aromatic heterocycles. The summed E-state index contributed by atoms with van der Waals surface area (Å²) in [6.45, 7) is 4.47. The normalized spacial score (nSPS) is 31.1. The quantitative estimate of drug-likeness (QED) is 0.785. The monoisotopic (exact) mass is 282 g/mol. The molecule has 3 fully saturated rings. The van der Waals surface area contributed by atoms with Crippen molar-refractivity contribution in [2.75, 3.05) is 40.0 Å². The van der Waals surface area contributed by atoms with Gasteiger partial charge in [0.15, 0.2) is 0 Å². The van der Waals surface area contributed by atoms with Crippen molar-refractivity contribution in [2.24, 2.45) is 5.41 Å². The lowest BCUT2D eigenvalue weighted by Crippen LogP contribution is -2.45. The first-order valence-corrected chi connectivity index (χ1v) is 7.93. The molecule has 1 spiro atoms. The van der Waals surface area contributed by atoms with E-state index in [2.05, 4.69) is 4.90 Å². The molecule has 1 aliphatic carbocycles. The molecule has 0 bridgehead atoms. The maximum atomic E-state index is 12.7. The number of carbonyl (C=O) groups excluding carboxylic acids is 1. The van der Waals surface area contributed by atoms with E-state index in [1.807, 2.05) is 0 Å². The van der Waals surface area contributed by atoms with Gasteiger partial charge in [0.05, 0.1) is 31.8 Å². The lowest BCUT2D eigenvalue weighted by Gasteiger charge is -2.31. The zero-order chi connectivity index (χ0) is 14.0. The van der Waals surface area contributed by atoms with Crippen molar-refractivity contribution in [3.05, 3.63) is 0 Å². The van der Waals surface area contributed by atoms with Crippen LogP contribution >= 0.6 is 0 Å². The molecule has 3 rings (SSSR count). The largest absolute Gasteiger partial charge is 0.379 e. The number of hydroxylamine groups is 2. The molecular formula is C15H26N2O3. The molecule has 1 amide bonds. The minimum absolute atomic E-state index is 0.120. The van der Waals surface area contributed by atoms with Crippen LogP contribution in [0.2, 0.25) is 0 Å². The van der Waals surface area contributed by atoms with Gasteiger partial charge in [-0.25, -0.2) is 5.06 Å². The first kappa shape index (κ1) is 14.3. The van der Waals surface area contributed by atoms with Crippen molar-refractivity contribution in [2.45, 2.75) is 44.6 Å². The van der Waals surface area contributed by atoms with E-state index in [4.69, 9.17) is 9.57 Å². The average Bonchev–Trinajstić information content (AvgIpc) is 2.73. The molecule has 0 aromatic rings. The van der Waals surface area contributed by atoms with Gasteiger partial charge in [-0.15, -0.1) is 0 Å². The summed E-state index contributed by atoms with van der Waals surface area (Å²) in [6.07, 6.45) is 6.71. The Kier molecular flexibility index (Phi) is 4.29. The number of carbonyl (C=O) groups is 1. The van der Waals surface area contributed by atoms with Crippen LogP contribution in [-0.2, 0) is 14.4 Å². The summed E-state index contributed by atoms with van der Waals surface area (Å²) in [6, 6.07) is 0.212. The number of nitrogens with zero attached hydrogens (tertiary/aromatic N) is 2. The molecule has 1 saturated carbocycles. The van der Waals surface area contributed by atoms with Crippen molar-refractivity contribution in [3.8, 4) is 0 Å². The highest BCUT2D eigenvalue weighted by atomic mass is 16.7. The van der Waals surface area contributed by atoms with E-state index in [0.29, 0.717) is 0 Å². The third-order valence-corrected chi connectivity index (χ3v) is 5.19. The van der Waals surface area contributed by atoms with Crippen molar-refractivity contribution >= 4 is 5.91 Å². The molecule has 1 unspecified atom stereocenters. The van der Waals surface area contributed by atoms with Gasteiger partial charge in [0.2, 0.25) is 0 Å². The Balaban J connectivity index is 1.68. The zero-order valence-electron chi connectivity index (χ0n) is 12.5. The minimum atomic E-state index is -0.120. The third kappa shape index (κ3) is 2.59. The zero-order valence-corrected chi connectivity index (χ0v) is 12.5. The first-order valence-electron chi connectivity index (χ1n) is 7.93. The van der Waals surface area contributed by atoms with Crippen LogP contribution in [0, 0.1) is 5.41 Å². The number of rotatable bonds is 3. The van der Waals surface area contributed by atoms with Crippen molar-refractivity contribution in [1.29, 1.82) is 0 Å². The summed E-state index contributed by atoms with van der Waals surface area (Å²) in [7, 11) is 1.63. The first-order chi connectivity index (χ1) is 9.75. The van der Waals surface area contributed by atoms with Gasteiger partial charge >= 0.3 is 0 Å². The predicted molar refractivity (Wildman–Crippen MR) is 75.0 cm³/mol. The van der Waals surface area contributed by atoms with E-state index in [1.165, 1.54) is 19.3 Å². The third-order valence-electron chi connectivity index (χ3n) is 5.19. The Labute approximate surface area is 121 Å². The molecular weight excluding hydrogens is 256 g/mol. The summed E-state index contributed by atoms with van der Waals surface area (Å²) in [5.74, 6) is 0.234. The summed E-state index contributed by atoms with van der Waals surface area (Å²) < 4.78 is 5.39. The smallest absolute Gasteiger partial charge is 0.252 e. The molecule has 114 valence electrons. The maximum absolute atomic E-state index is 12.7. The Morgan fingerprint density at radius 3 is 2.60 bits per heavy atom. The molecule has 2 heterocycles. The highest BCUT2D eigenvalue weighted by Crippen LogP contribution is 2.47. The number of morpholine rings is 1.